The summed E-state index contributed by atoms with van der Waals surface area (Å²) < 4.78 is 18.3. The van der Waals surface area contributed by atoms with Gasteiger partial charge in [0.15, 0.2) is 0 Å². The number of nitrogens with zero attached hydrogens (tertiary/aromatic N) is 2. The Morgan fingerprint density at radius 1 is 1.15 bits per heavy atom. The van der Waals surface area contributed by atoms with Crippen LogP contribution >= 0.6 is 0 Å². The number of carboxylic acids is 1. The van der Waals surface area contributed by atoms with Gasteiger partial charge in [-0.25, -0.2) is 9.78 Å². The van der Waals surface area contributed by atoms with Gasteiger partial charge in [0.25, 0.3) is 5.91 Å². The van der Waals surface area contributed by atoms with Crippen molar-refractivity contribution in [1.29, 1.82) is 0 Å². The van der Waals surface area contributed by atoms with Gasteiger partial charge in [-0.15, -0.1) is 0 Å². The number of carboxylic acid groups (broad SMARTS) is 1. The molecule has 1 saturated carbocycles. The molecular weight excluding hydrogens is 508 g/mol. The number of ether oxygens (including phenoxy) is 3. The number of aromatic nitrogens is 1. The highest BCUT2D eigenvalue weighted by Gasteiger charge is 2.59. The number of pyridine rings is 1. The third kappa shape index (κ3) is 5.61. The third-order valence-corrected chi connectivity index (χ3v) is 8.69. The van der Waals surface area contributed by atoms with Crippen molar-refractivity contribution in [2.24, 2.45) is 11.3 Å². The van der Waals surface area contributed by atoms with Crippen molar-refractivity contribution in [3.8, 4) is 5.88 Å². The third-order valence-electron chi connectivity index (χ3n) is 8.69. The number of methoxy groups -OCH3 is 1. The van der Waals surface area contributed by atoms with Gasteiger partial charge in [-0.05, 0) is 73.1 Å². The minimum absolute atomic E-state index is 0.199. The zero-order valence-corrected chi connectivity index (χ0v) is 24.3. The van der Waals surface area contributed by atoms with Crippen LogP contribution in [0.2, 0.25) is 0 Å². The summed E-state index contributed by atoms with van der Waals surface area (Å²) in [4.78, 5) is 33.3. The fourth-order valence-corrected chi connectivity index (χ4v) is 6.56. The number of carbonyl (C=O) groups excluding carboxylic acids is 1. The SMILES string of the molecule is COc1ncc(C2CC2)cc1CO[C@H]1[C@H](C(C)(C)C)[C@@H](C(=O)O)N(C(=O)[C@@H]2CCCCO2)[C@H]1c1ccccc1C. The number of carbonyl (C=O) groups is 2. The average molecular weight is 551 g/mol. The van der Waals surface area contributed by atoms with Gasteiger partial charge in [-0.2, -0.15) is 0 Å². The number of hydrogen-bond acceptors (Lipinski definition) is 6. The van der Waals surface area contributed by atoms with E-state index in [4.69, 9.17) is 14.2 Å². The van der Waals surface area contributed by atoms with Crippen molar-refractivity contribution in [1.82, 2.24) is 9.88 Å². The van der Waals surface area contributed by atoms with Crippen molar-refractivity contribution in [2.75, 3.05) is 13.7 Å². The summed E-state index contributed by atoms with van der Waals surface area (Å²) >= 11 is 0. The molecule has 2 aliphatic heterocycles. The predicted molar refractivity (Wildman–Crippen MR) is 150 cm³/mol. The summed E-state index contributed by atoms with van der Waals surface area (Å²) in [6.07, 6.45) is 5.31. The van der Waals surface area contributed by atoms with Gasteiger partial charge < -0.3 is 24.2 Å². The second kappa shape index (κ2) is 11.5. The van der Waals surface area contributed by atoms with E-state index in [-0.39, 0.29) is 12.5 Å². The van der Waals surface area contributed by atoms with Crippen LogP contribution in [0.15, 0.2) is 36.5 Å². The van der Waals surface area contributed by atoms with Crippen molar-refractivity contribution in [3.05, 3.63) is 58.8 Å². The monoisotopic (exact) mass is 550 g/mol. The van der Waals surface area contributed by atoms with E-state index < -0.39 is 41.6 Å². The minimum Gasteiger partial charge on any atom is -0.481 e. The van der Waals surface area contributed by atoms with Crippen LogP contribution in [-0.2, 0) is 25.7 Å². The normalized spacial score (nSPS) is 27.0. The van der Waals surface area contributed by atoms with Crippen LogP contribution in [0, 0.1) is 18.3 Å². The smallest absolute Gasteiger partial charge is 0.326 e. The molecule has 1 amide bonds. The number of rotatable bonds is 8. The zero-order valence-electron chi connectivity index (χ0n) is 24.3. The average Bonchev–Trinajstić information content (AvgIpc) is 3.72. The molecule has 5 atom stereocenters. The molecule has 8 nitrogen and oxygen atoms in total. The maximum absolute atomic E-state index is 14.2. The van der Waals surface area contributed by atoms with E-state index in [1.807, 2.05) is 58.2 Å². The Labute approximate surface area is 237 Å². The van der Waals surface area contributed by atoms with E-state index >= 15 is 0 Å². The molecule has 8 heteroatoms. The second-order valence-electron chi connectivity index (χ2n) is 12.6. The highest BCUT2D eigenvalue weighted by Crippen LogP contribution is 2.51. The van der Waals surface area contributed by atoms with E-state index in [0.29, 0.717) is 24.8 Å². The topological polar surface area (TPSA) is 98.2 Å². The minimum atomic E-state index is -1.06. The molecule has 0 spiro atoms. The molecule has 40 heavy (non-hydrogen) atoms. The summed E-state index contributed by atoms with van der Waals surface area (Å²) in [6.45, 7) is 8.78. The Kier molecular flexibility index (Phi) is 8.20. The van der Waals surface area contributed by atoms with Crippen molar-refractivity contribution in [2.45, 2.75) is 96.6 Å². The lowest BCUT2D eigenvalue weighted by atomic mass is 9.73. The Morgan fingerprint density at radius 3 is 2.50 bits per heavy atom. The van der Waals surface area contributed by atoms with Crippen molar-refractivity contribution < 1.29 is 28.9 Å². The van der Waals surface area contributed by atoms with Crippen molar-refractivity contribution in [3.63, 3.8) is 0 Å². The van der Waals surface area contributed by atoms with Gasteiger partial charge in [0, 0.05) is 24.3 Å². The lowest BCUT2D eigenvalue weighted by Gasteiger charge is -2.35. The fraction of sp³-hybridized carbons (Fsp3) is 0.594. The van der Waals surface area contributed by atoms with Crippen LogP contribution in [0.4, 0.5) is 0 Å². The molecule has 3 fully saturated rings. The number of amides is 1. The molecule has 1 aromatic heterocycles. The van der Waals surface area contributed by atoms with Crippen LogP contribution in [0.3, 0.4) is 0 Å². The summed E-state index contributed by atoms with van der Waals surface area (Å²) in [7, 11) is 1.59. The predicted octanol–water partition coefficient (Wildman–Crippen LogP) is 5.43. The standard InChI is InChI=1S/C32H42N2O6/c1-19-10-6-7-11-23(19)26-28(40-18-22-16-21(20-13-14-20)17-33-29(22)38-5)25(32(2,3)4)27(31(36)37)34(26)30(35)24-12-8-9-15-39-24/h6-7,10-11,16-17,20,24-28H,8-9,12-15,18H2,1-5H3,(H,36,37)/t24-,25+,26-,27-,28-/m0/s1. The van der Waals surface area contributed by atoms with Crippen LogP contribution in [0.5, 0.6) is 5.88 Å². The quantitative estimate of drug-likeness (QED) is 0.468. The molecule has 0 unspecified atom stereocenters. The highest BCUT2D eigenvalue weighted by molar-refractivity contribution is 5.88. The van der Waals surface area contributed by atoms with Gasteiger partial charge in [-0.1, -0.05) is 45.0 Å². The highest BCUT2D eigenvalue weighted by atomic mass is 16.5. The molecular formula is C32H42N2O6. The van der Waals surface area contributed by atoms with Crippen LogP contribution in [-0.4, -0.2) is 58.8 Å². The molecule has 2 saturated heterocycles. The van der Waals surface area contributed by atoms with E-state index in [2.05, 4.69) is 11.1 Å². The van der Waals surface area contributed by atoms with E-state index in [0.717, 1.165) is 42.4 Å². The van der Waals surface area contributed by atoms with Gasteiger partial charge in [0.1, 0.15) is 12.1 Å². The summed E-state index contributed by atoms with van der Waals surface area (Å²) in [5.74, 6) is -0.752. The Hall–Kier alpha value is -2.97. The summed E-state index contributed by atoms with van der Waals surface area (Å²) in [6, 6.07) is 8.32. The summed E-state index contributed by atoms with van der Waals surface area (Å²) in [5, 5.41) is 10.7. The number of aryl methyl sites for hydroxylation is 1. The first kappa shape index (κ1) is 28.6. The molecule has 1 N–H and O–H groups in total. The van der Waals surface area contributed by atoms with Gasteiger partial charge in [0.05, 0.1) is 25.9 Å². The Morgan fingerprint density at radius 2 is 1.90 bits per heavy atom. The lowest BCUT2D eigenvalue weighted by Crippen LogP contribution is -2.51. The molecule has 2 aromatic rings. The van der Waals surface area contributed by atoms with E-state index in [9.17, 15) is 14.7 Å². The molecule has 216 valence electrons. The first-order valence-corrected chi connectivity index (χ1v) is 14.5. The van der Waals surface area contributed by atoms with Gasteiger partial charge in [0.2, 0.25) is 5.88 Å². The summed E-state index contributed by atoms with van der Waals surface area (Å²) in [5.41, 5.74) is 3.40. The molecule has 3 aliphatic rings. The lowest BCUT2D eigenvalue weighted by molar-refractivity contribution is -0.159. The Bertz CT molecular complexity index is 1230. The molecule has 0 bridgehead atoms. The maximum atomic E-state index is 14.2. The zero-order chi connectivity index (χ0) is 28.6. The number of aliphatic carboxylic acids is 1. The van der Waals surface area contributed by atoms with E-state index in [1.54, 1.807) is 12.0 Å². The second-order valence-corrected chi connectivity index (χ2v) is 12.6. The Balaban J connectivity index is 1.59. The van der Waals surface area contributed by atoms with Crippen LogP contribution in [0.25, 0.3) is 0 Å². The molecule has 5 rings (SSSR count). The van der Waals surface area contributed by atoms with Gasteiger partial charge in [-0.3, -0.25) is 4.79 Å². The number of benzene rings is 1. The molecule has 3 heterocycles. The molecule has 0 radical (unpaired) electrons. The van der Waals surface area contributed by atoms with Crippen LogP contribution < -0.4 is 4.74 Å². The maximum Gasteiger partial charge on any atom is 0.326 e. The largest absolute Gasteiger partial charge is 0.481 e. The number of hydrogen-bond donors (Lipinski definition) is 1. The fourth-order valence-electron chi connectivity index (χ4n) is 6.56. The number of likely N-dealkylation sites (tertiary alicyclic amines) is 1. The molecule has 1 aliphatic carbocycles. The van der Waals surface area contributed by atoms with Gasteiger partial charge >= 0.3 is 5.97 Å². The van der Waals surface area contributed by atoms with Crippen molar-refractivity contribution >= 4 is 11.9 Å². The first-order valence-electron chi connectivity index (χ1n) is 14.5. The first-order chi connectivity index (χ1) is 19.1. The van der Waals surface area contributed by atoms with Crippen LogP contribution in [0.1, 0.15) is 87.1 Å². The molecule has 1 aromatic carbocycles. The van der Waals surface area contributed by atoms with E-state index in [1.165, 1.54) is 5.56 Å².